The first-order chi connectivity index (χ1) is 11.5. The van der Waals surface area contributed by atoms with Crippen molar-refractivity contribution in [3.63, 3.8) is 0 Å². The summed E-state index contributed by atoms with van der Waals surface area (Å²) in [6, 6.07) is 12.6. The van der Waals surface area contributed by atoms with E-state index in [1.165, 1.54) is 6.07 Å². The number of non-ortho nitro benzene ring substituents is 1. The Balaban J connectivity index is 2.15. The van der Waals surface area contributed by atoms with Gasteiger partial charge in [0, 0.05) is 24.7 Å². The van der Waals surface area contributed by atoms with Gasteiger partial charge in [0.2, 0.25) is 0 Å². The van der Waals surface area contributed by atoms with Crippen LogP contribution in [-0.4, -0.2) is 31.1 Å². The van der Waals surface area contributed by atoms with Crippen molar-refractivity contribution < 1.29 is 14.4 Å². The fourth-order valence-corrected chi connectivity index (χ4v) is 2.56. The normalized spacial score (nSPS) is 12.0. The van der Waals surface area contributed by atoms with E-state index in [-0.39, 0.29) is 16.7 Å². The molecule has 6 nitrogen and oxygen atoms in total. The van der Waals surface area contributed by atoms with Crippen LogP contribution in [0.25, 0.3) is 0 Å². The van der Waals surface area contributed by atoms with Crippen LogP contribution in [0.1, 0.15) is 24.1 Å². The summed E-state index contributed by atoms with van der Waals surface area (Å²) < 4.78 is 10.6. The van der Waals surface area contributed by atoms with Crippen LogP contribution >= 0.6 is 0 Å². The highest BCUT2D eigenvalue weighted by Crippen LogP contribution is 2.29. The molecule has 0 aliphatic carbocycles. The Hall–Kier alpha value is -2.60. The number of hydrogen-bond acceptors (Lipinski definition) is 5. The molecule has 0 radical (unpaired) electrons. The molecule has 1 unspecified atom stereocenters. The van der Waals surface area contributed by atoms with E-state index in [2.05, 4.69) is 4.90 Å². The SMILES string of the molecule is COc1ccc(CN(C)C(C)c2cccc([N+](=O)[O-])c2)cc1OC. The third-order valence-electron chi connectivity index (χ3n) is 4.10. The average molecular weight is 330 g/mol. The second kappa shape index (κ2) is 7.79. The first-order valence-corrected chi connectivity index (χ1v) is 7.61. The van der Waals surface area contributed by atoms with Crippen LogP contribution in [0, 0.1) is 10.1 Å². The molecule has 2 aromatic rings. The predicted molar refractivity (Wildman–Crippen MR) is 92.5 cm³/mol. The number of hydrogen-bond donors (Lipinski definition) is 0. The molecule has 0 spiro atoms. The number of rotatable bonds is 7. The van der Waals surface area contributed by atoms with Crippen molar-refractivity contribution in [3.05, 3.63) is 63.7 Å². The highest BCUT2D eigenvalue weighted by atomic mass is 16.6. The van der Waals surface area contributed by atoms with Crippen molar-refractivity contribution in [3.8, 4) is 11.5 Å². The summed E-state index contributed by atoms with van der Waals surface area (Å²) in [4.78, 5) is 12.7. The van der Waals surface area contributed by atoms with Gasteiger partial charge < -0.3 is 9.47 Å². The van der Waals surface area contributed by atoms with Gasteiger partial charge >= 0.3 is 0 Å². The molecule has 128 valence electrons. The van der Waals surface area contributed by atoms with Gasteiger partial charge in [-0.05, 0) is 37.2 Å². The van der Waals surface area contributed by atoms with Crippen LogP contribution < -0.4 is 9.47 Å². The van der Waals surface area contributed by atoms with Crippen molar-refractivity contribution in [2.45, 2.75) is 19.5 Å². The molecule has 2 rings (SSSR count). The molecule has 0 saturated carbocycles. The van der Waals surface area contributed by atoms with E-state index in [0.717, 1.165) is 11.1 Å². The summed E-state index contributed by atoms with van der Waals surface area (Å²) in [5.74, 6) is 1.38. The predicted octanol–water partition coefficient (Wildman–Crippen LogP) is 3.81. The van der Waals surface area contributed by atoms with E-state index in [1.807, 2.05) is 38.2 Å². The summed E-state index contributed by atoms with van der Waals surface area (Å²) in [6.07, 6.45) is 0. The third-order valence-corrected chi connectivity index (χ3v) is 4.10. The number of nitro groups is 1. The summed E-state index contributed by atoms with van der Waals surface area (Å²) in [5.41, 5.74) is 2.10. The number of nitro benzene ring substituents is 1. The molecule has 0 fully saturated rings. The molecule has 24 heavy (non-hydrogen) atoms. The molecule has 2 aromatic carbocycles. The van der Waals surface area contributed by atoms with Gasteiger partial charge in [0.1, 0.15) is 0 Å². The standard InChI is InChI=1S/C18H22N2O4/c1-13(15-6-5-7-16(11-15)20(21)22)19(2)12-14-8-9-17(23-3)18(10-14)24-4/h5-11,13H,12H2,1-4H3. The van der Waals surface area contributed by atoms with Crippen molar-refractivity contribution in [1.82, 2.24) is 4.90 Å². The third kappa shape index (κ3) is 4.02. The zero-order valence-electron chi connectivity index (χ0n) is 14.4. The summed E-state index contributed by atoms with van der Waals surface area (Å²) in [5, 5.41) is 10.9. The van der Waals surface area contributed by atoms with E-state index in [0.29, 0.717) is 18.0 Å². The minimum absolute atomic E-state index is 0.0398. The Labute approximate surface area is 141 Å². The van der Waals surface area contributed by atoms with E-state index < -0.39 is 0 Å². The number of methoxy groups -OCH3 is 2. The molecule has 0 N–H and O–H groups in total. The van der Waals surface area contributed by atoms with Gasteiger partial charge in [-0.1, -0.05) is 18.2 Å². The van der Waals surface area contributed by atoms with Crippen molar-refractivity contribution in [2.75, 3.05) is 21.3 Å². The number of nitrogens with zero attached hydrogens (tertiary/aromatic N) is 2. The van der Waals surface area contributed by atoms with E-state index in [4.69, 9.17) is 9.47 Å². The van der Waals surface area contributed by atoms with Crippen molar-refractivity contribution in [2.24, 2.45) is 0 Å². The average Bonchev–Trinajstić information content (AvgIpc) is 2.60. The Morgan fingerprint density at radius 1 is 1.12 bits per heavy atom. The maximum Gasteiger partial charge on any atom is 0.269 e. The fourth-order valence-electron chi connectivity index (χ4n) is 2.56. The zero-order chi connectivity index (χ0) is 17.7. The second-order valence-electron chi connectivity index (χ2n) is 5.63. The largest absolute Gasteiger partial charge is 0.493 e. The lowest BCUT2D eigenvalue weighted by atomic mass is 10.1. The minimum atomic E-state index is -0.370. The van der Waals surface area contributed by atoms with Gasteiger partial charge in [-0.2, -0.15) is 0 Å². The topological polar surface area (TPSA) is 64.8 Å². The molecular weight excluding hydrogens is 308 g/mol. The van der Waals surface area contributed by atoms with E-state index in [1.54, 1.807) is 26.4 Å². The van der Waals surface area contributed by atoms with Crippen LogP contribution in [0.2, 0.25) is 0 Å². The van der Waals surface area contributed by atoms with Crippen LogP contribution in [0.5, 0.6) is 11.5 Å². The highest BCUT2D eigenvalue weighted by Gasteiger charge is 2.16. The lowest BCUT2D eigenvalue weighted by molar-refractivity contribution is -0.384. The molecule has 0 aromatic heterocycles. The Morgan fingerprint density at radius 2 is 1.83 bits per heavy atom. The Kier molecular flexibility index (Phi) is 5.76. The molecular formula is C18H22N2O4. The summed E-state index contributed by atoms with van der Waals surface area (Å²) in [6.45, 7) is 2.71. The fraction of sp³-hybridized carbons (Fsp3) is 0.333. The first-order valence-electron chi connectivity index (χ1n) is 7.61. The monoisotopic (exact) mass is 330 g/mol. The molecule has 0 aliphatic rings. The van der Waals surface area contributed by atoms with Crippen LogP contribution in [0.15, 0.2) is 42.5 Å². The first kappa shape index (κ1) is 17.7. The van der Waals surface area contributed by atoms with Crippen LogP contribution in [-0.2, 0) is 6.54 Å². The summed E-state index contributed by atoms with van der Waals surface area (Å²) >= 11 is 0. The molecule has 1 atom stereocenters. The smallest absolute Gasteiger partial charge is 0.269 e. The van der Waals surface area contributed by atoms with Crippen molar-refractivity contribution >= 4 is 5.69 Å². The van der Waals surface area contributed by atoms with Gasteiger partial charge in [-0.3, -0.25) is 15.0 Å². The highest BCUT2D eigenvalue weighted by molar-refractivity contribution is 5.43. The molecule has 6 heteroatoms. The zero-order valence-corrected chi connectivity index (χ0v) is 14.4. The van der Waals surface area contributed by atoms with Crippen molar-refractivity contribution in [1.29, 1.82) is 0 Å². The molecule has 0 aliphatic heterocycles. The maximum atomic E-state index is 10.9. The lowest BCUT2D eigenvalue weighted by Gasteiger charge is -2.25. The second-order valence-corrected chi connectivity index (χ2v) is 5.63. The van der Waals surface area contributed by atoms with Crippen LogP contribution in [0.3, 0.4) is 0 Å². The Morgan fingerprint density at radius 3 is 2.46 bits per heavy atom. The number of ether oxygens (including phenoxy) is 2. The van der Waals surface area contributed by atoms with Gasteiger partial charge in [-0.15, -0.1) is 0 Å². The molecule has 0 amide bonds. The molecule has 0 heterocycles. The van der Waals surface area contributed by atoms with Gasteiger partial charge in [0.15, 0.2) is 11.5 Å². The quantitative estimate of drug-likeness (QED) is 0.570. The maximum absolute atomic E-state index is 10.9. The van der Waals surface area contributed by atoms with Gasteiger partial charge in [0.25, 0.3) is 5.69 Å². The molecule has 0 saturated heterocycles. The van der Waals surface area contributed by atoms with Crippen LogP contribution in [0.4, 0.5) is 5.69 Å². The summed E-state index contributed by atoms with van der Waals surface area (Å²) in [7, 11) is 5.20. The van der Waals surface area contributed by atoms with E-state index in [9.17, 15) is 10.1 Å². The lowest BCUT2D eigenvalue weighted by Crippen LogP contribution is -2.22. The van der Waals surface area contributed by atoms with E-state index >= 15 is 0 Å². The van der Waals surface area contributed by atoms with Gasteiger partial charge in [0.05, 0.1) is 19.1 Å². The molecule has 0 bridgehead atoms. The minimum Gasteiger partial charge on any atom is -0.493 e. The number of benzene rings is 2. The Bertz CT molecular complexity index is 718. The van der Waals surface area contributed by atoms with Gasteiger partial charge in [-0.25, -0.2) is 0 Å².